The van der Waals surface area contributed by atoms with Crippen LogP contribution in [-0.4, -0.2) is 26.9 Å². The molecule has 6 nitrogen and oxygen atoms in total. The van der Waals surface area contributed by atoms with Crippen molar-refractivity contribution in [2.24, 2.45) is 5.16 Å². The van der Waals surface area contributed by atoms with Gasteiger partial charge in [0.25, 0.3) is 5.96 Å². The van der Waals surface area contributed by atoms with Crippen LogP contribution in [0.3, 0.4) is 0 Å². The Morgan fingerprint density at radius 1 is 1.17 bits per heavy atom. The number of hydroxylamine groups is 1. The van der Waals surface area contributed by atoms with Crippen LogP contribution in [0.5, 0.6) is 0 Å². The number of oxime groups is 1. The van der Waals surface area contributed by atoms with Crippen molar-refractivity contribution in [3.8, 4) is 0 Å². The molecule has 1 rings (SSSR count). The van der Waals surface area contributed by atoms with E-state index in [0.29, 0.717) is 5.96 Å². The lowest BCUT2D eigenvalue weighted by Gasteiger charge is -2.21. The van der Waals surface area contributed by atoms with Crippen molar-refractivity contribution >= 4 is 5.96 Å². The van der Waals surface area contributed by atoms with Crippen molar-refractivity contribution in [1.82, 2.24) is 15.3 Å². The quantitative estimate of drug-likeness (QED) is 0.499. The number of hydrogen-bond donors (Lipinski definition) is 1. The molecule has 0 aliphatic carbocycles. The molecule has 0 amide bonds. The second-order valence-corrected chi connectivity index (χ2v) is 5.89. The minimum Gasteiger partial charge on any atom is -0.387 e. The number of aromatic nitrogens is 2. The molecule has 0 spiro atoms. The summed E-state index contributed by atoms with van der Waals surface area (Å²) in [6, 6.07) is 1.80. The smallest absolute Gasteiger partial charge is 0.284 e. The normalized spacial score (nSPS) is 13.6. The zero-order valence-corrected chi connectivity index (χ0v) is 11.9. The summed E-state index contributed by atoms with van der Waals surface area (Å²) in [7, 11) is 0. The van der Waals surface area contributed by atoms with Gasteiger partial charge in [0.1, 0.15) is 5.60 Å². The molecule has 0 saturated carbocycles. The highest BCUT2D eigenvalue weighted by Gasteiger charge is 2.15. The van der Waals surface area contributed by atoms with E-state index in [4.69, 9.17) is 9.68 Å². The molecule has 0 radical (unpaired) electrons. The Kier molecular flexibility index (Phi) is 4.34. The zero-order valence-electron chi connectivity index (χ0n) is 11.9. The molecule has 0 aliphatic heterocycles. The van der Waals surface area contributed by atoms with Crippen molar-refractivity contribution in [2.45, 2.75) is 52.7 Å². The fourth-order valence-corrected chi connectivity index (χ4v) is 0.880. The number of nitrogens with one attached hydrogen (secondary N) is 1. The Labute approximate surface area is 108 Å². The largest absolute Gasteiger partial charge is 0.387 e. The highest BCUT2D eigenvalue weighted by atomic mass is 16.7. The van der Waals surface area contributed by atoms with Crippen molar-refractivity contribution < 1.29 is 9.68 Å². The average Bonchev–Trinajstić information content (AvgIpc) is 2.67. The Balaban J connectivity index is 2.77. The molecule has 0 atom stereocenters. The highest BCUT2D eigenvalue weighted by molar-refractivity contribution is 5.79. The molecule has 102 valence electrons. The SMILES string of the molecule is CC(C)(C)O/N=C(\NOC(C)(C)C)n1cccn1. The molecule has 0 saturated heterocycles. The molecule has 0 aromatic carbocycles. The maximum absolute atomic E-state index is 5.46. The molecule has 6 heteroatoms. The van der Waals surface area contributed by atoms with Crippen molar-refractivity contribution in [1.29, 1.82) is 0 Å². The molecule has 0 bridgehead atoms. The van der Waals surface area contributed by atoms with E-state index >= 15 is 0 Å². The molecule has 1 heterocycles. The first-order valence-corrected chi connectivity index (χ1v) is 5.88. The lowest BCUT2D eigenvalue weighted by Crippen LogP contribution is -2.38. The van der Waals surface area contributed by atoms with Gasteiger partial charge in [-0.3, -0.25) is 4.84 Å². The Morgan fingerprint density at radius 3 is 2.28 bits per heavy atom. The number of rotatable bonds is 2. The number of hydrogen-bond acceptors (Lipinski definition) is 4. The van der Waals surface area contributed by atoms with Crippen LogP contribution < -0.4 is 5.48 Å². The Bertz CT molecular complexity index is 385. The summed E-state index contributed by atoms with van der Waals surface area (Å²) in [5, 5.41) is 8.10. The van der Waals surface area contributed by atoms with Gasteiger partial charge in [-0.05, 0) is 52.8 Å². The second kappa shape index (κ2) is 5.39. The fraction of sp³-hybridized carbons (Fsp3) is 0.667. The van der Waals surface area contributed by atoms with E-state index < -0.39 is 0 Å². The highest BCUT2D eigenvalue weighted by Crippen LogP contribution is 2.08. The number of nitrogens with zero attached hydrogens (tertiary/aromatic N) is 3. The topological polar surface area (TPSA) is 60.7 Å². The monoisotopic (exact) mass is 254 g/mol. The maximum Gasteiger partial charge on any atom is 0.284 e. The van der Waals surface area contributed by atoms with Gasteiger partial charge < -0.3 is 4.84 Å². The van der Waals surface area contributed by atoms with Crippen molar-refractivity contribution in [2.75, 3.05) is 0 Å². The first-order valence-electron chi connectivity index (χ1n) is 5.88. The molecular formula is C12H22N4O2. The maximum atomic E-state index is 5.46. The van der Waals surface area contributed by atoms with Gasteiger partial charge in [0.05, 0.1) is 5.60 Å². The van der Waals surface area contributed by atoms with Crippen LogP contribution in [0.15, 0.2) is 23.6 Å². The predicted molar refractivity (Wildman–Crippen MR) is 69.9 cm³/mol. The third-order valence-electron chi connectivity index (χ3n) is 1.58. The Hall–Kier alpha value is -1.56. The molecular weight excluding hydrogens is 232 g/mol. The van der Waals surface area contributed by atoms with E-state index in [-0.39, 0.29) is 11.2 Å². The van der Waals surface area contributed by atoms with Crippen LogP contribution in [0, 0.1) is 0 Å². The first-order chi connectivity index (χ1) is 8.17. The van der Waals surface area contributed by atoms with E-state index in [1.807, 2.05) is 41.5 Å². The van der Waals surface area contributed by atoms with Crippen LogP contribution in [0.2, 0.25) is 0 Å². The fourth-order valence-electron chi connectivity index (χ4n) is 0.880. The van der Waals surface area contributed by atoms with E-state index in [0.717, 1.165) is 0 Å². The van der Waals surface area contributed by atoms with E-state index in [2.05, 4.69) is 15.7 Å². The van der Waals surface area contributed by atoms with Gasteiger partial charge in [0.15, 0.2) is 0 Å². The van der Waals surface area contributed by atoms with Crippen LogP contribution in [0.4, 0.5) is 0 Å². The van der Waals surface area contributed by atoms with Gasteiger partial charge in [0, 0.05) is 12.4 Å². The van der Waals surface area contributed by atoms with Gasteiger partial charge in [-0.25, -0.2) is 10.2 Å². The third-order valence-corrected chi connectivity index (χ3v) is 1.58. The van der Waals surface area contributed by atoms with Gasteiger partial charge in [-0.1, -0.05) is 0 Å². The minimum atomic E-state index is -0.373. The standard InChI is InChI=1S/C12H22N4O2/c1-11(2,3)17-14-10(15-18-12(4,5)6)16-9-7-8-13-16/h7-9H,1-6H3,(H,14,15). The molecule has 1 aromatic rings. The van der Waals surface area contributed by atoms with Gasteiger partial charge in [0.2, 0.25) is 0 Å². The summed E-state index contributed by atoms with van der Waals surface area (Å²) in [4.78, 5) is 10.8. The lowest BCUT2D eigenvalue weighted by atomic mass is 10.2. The average molecular weight is 254 g/mol. The molecule has 1 aromatic heterocycles. The first kappa shape index (κ1) is 14.5. The van der Waals surface area contributed by atoms with E-state index in [9.17, 15) is 0 Å². The molecule has 1 N–H and O–H groups in total. The molecule has 18 heavy (non-hydrogen) atoms. The van der Waals surface area contributed by atoms with Gasteiger partial charge in [-0.15, -0.1) is 0 Å². The van der Waals surface area contributed by atoms with Crippen LogP contribution in [-0.2, 0) is 9.68 Å². The summed E-state index contributed by atoms with van der Waals surface area (Å²) >= 11 is 0. The zero-order chi connectivity index (χ0) is 13.8. The third kappa shape index (κ3) is 5.67. The van der Waals surface area contributed by atoms with E-state index in [1.54, 1.807) is 18.5 Å². The Morgan fingerprint density at radius 2 is 1.83 bits per heavy atom. The summed E-state index contributed by atoms with van der Waals surface area (Å²) < 4.78 is 1.54. The van der Waals surface area contributed by atoms with Crippen molar-refractivity contribution in [3.63, 3.8) is 0 Å². The van der Waals surface area contributed by atoms with Crippen LogP contribution in [0.25, 0.3) is 0 Å². The summed E-state index contributed by atoms with van der Waals surface area (Å²) in [6.45, 7) is 11.6. The summed E-state index contributed by atoms with van der Waals surface area (Å²) in [6.07, 6.45) is 3.41. The van der Waals surface area contributed by atoms with Crippen LogP contribution >= 0.6 is 0 Å². The molecule has 0 fully saturated rings. The van der Waals surface area contributed by atoms with Gasteiger partial charge in [-0.2, -0.15) is 5.10 Å². The molecule has 0 aliphatic rings. The second-order valence-electron chi connectivity index (χ2n) is 5.89. The molecule has 0 unspecified atom stereocenters. The van der Waals surface area contributed by atoms with Crippen molar-refractivity contribution in [3.05, 3.63) is 18.5 Å². The van der Waals surface area contributed by atoms with Crippen LogP contribution in [0.1, 0.15) is 41.5 Å². The predicted octanol–water partition coefficient (Wildman–Crippen LogP) is 2.14. The van der Waals surface area contributed by atoms with E-state index in [1.165, 1.54) is 4.68 Å². The summed E-state index contributed by atoms with van der Waals surface area (Å²) in [5.74, 6) is 0.379. The lowest BCUT2D eigenvalue weighted by molar-refractivity contribution is -0.0503. The summed E-state index contributed by atoms with van der Waals surface area (Å²) in [5.41, 5.74) is 2.05. The van der Waals surface area contributed by atoms with Gasteiger partial charge >= 0.3 is 0 Å². The minimum absolute atomic E-state index is 0.338.